The monoisotopic (exact) mass is 317 g/mol. The van der Waals surface area contributed by atoms with Gasteiger partial charge in [0.25, 0.3) is 0 Å². The highest BCUT2D eigenvalue weighted by molar-refractivity contribution is 9.09. The summed E-state index contributed by atoms with van der Waals surface area (Å²) in [7, 11) is 0. The number of carbonyl (C=O) groups excluding carboxylic acids is 1. The maximum atomic E-state index is 11.6. The van der Waals surface area contributed by atoms with Crippen LogP contribution < -0.4 is 5.73 Å². The number of hydrogen-bond donors (Lipinski definition) is 2. The molecule has 1 aromatic heterocycles. The van der Waals surface area contributed by atoms with Gasteiger partial charge in [0.15, 0.2) is 0 Å². The van der Waals surface area contributed by atoms with Gasteiger partial charge in [0.05, 0.1) is 17.0 Å². The lowest BCUT2D eigenvalue weighted by molar-refractivity contribution is -0.121. The molecule has 0 saturated carbocycles. The summed E-state index contributed by atoms with van der Waals surface area (Å²) in [4.78, 5) is 19.4. The number of nitrogens with one attached hydrogen (secondary N) is 1. The number of rotatable bonds is 2. The first-order chi connectivity index (χ1) is 9.11. The second-order valence-corrected chi connectivity index (χ2v) is 5.81. The van der Waals surface area contributed by atoms with Gasteiger partial charge in [-0.15, -0.1) is 0 Å². The fraction of sp³-hybridized carbons (Fsp3) is 0.143. The fourth-order valence-corrected chi connectivity index (χ4v) is 3.00. The molecule has 0 bridgehead atoms. The molecule has 96 valence electrons. The smallest absolute Gasteiger partial charge is 0.226 e. The van der Waals surface area contributed by atoms with Crippen LogP contribution >= 0.6 is 15.9 Å². The standard InChI is InChI=1S/C14H12BrN3O/c15-14(8-4-3-5-9(14)12(16)19)13-17-10-6-1-2-7-11(10)18-13/h1-9H,(H2,16,19)(H,17,18). The molecule has 2 atom stereocenters. The van der Waals surface area contributed by atoms with Crippen LogP contribution in [0.5, 0.6) is 0 Å². The Morgan fingerprint density at radius 1 is 1.37 bits per heavy atom. The lowest BCUT2D eigenvalue weighted by atomic mass is 9.87. The van der Waals surface area contributed by atoms with Crippen molar-refractivity contribution in [1.29, 1.82) is 0 Å². The number of carbonyl (C=O) groups is 1. The van der Waals surface area contributed by atoms with Gasteiger partial charge in [-0.2, -0.15) is 0 Å². The van der Waals surface area contributed by atoms with Crippen LogP contribution in [0.3, 0.4) is 0 Å². The van der Waals surface area contributed by atoms with E-state index in [-0.39, 0.29) is 0 Å². The van der Waals surface area contributed by atoms with Gasteiger partial charge in [0.1, 0.15) is 10.1 Å². The SMILES string of the molecule is NC(=O)C1C=CC=CC1(Br)c1nc2ccccc2[nH]1. The first-order valence-corrected chi connectivity index (χ1v) is 6.70. The lowest BCUT2D eigenvalue weighted by Crippen LogP contribution is -2.38. The Morgan fingerprint density at radius 3 is 2.89 bits per heavy atom. The predicted molar refractivity (Wildman–Crippen MR) is 77.7 cm³/mol. The number of alkyl halides is 1. The molecular weight excluding hydrogens is 306 g/mol. The van der Waals surface area contributed by atoms with Crippen LogP contribution in [0, 0.1) is 5.92 Å². The largest absolute Gasteiger partial charge is 0.369 e. The third kappa shape index (κ3) is 1.90. The minimum absolute atomic E-state index is 0.391. The topological polar surface area (TPSA) is 71.8 Å². The van der Waals surface area contributed by atoms with Crippen LogP contribution in [0.2, 0.25) is 0 Å². The molecule has 2 aromatic rings. The van der Waals surface area contributed by atoms with Gasteiger partial charge in [-0.05, 0) is 12.1 Å². The van der Waals surface area contributed by atoms with Gasteiger partial charge in [-0.3, -0.25) is 4.79 Å². The number of imidazole rings is 1. The number of benzene rings is 1. The first-order valence-electron chi connectivity index (χ1n) is 5.91. The van der Waals surface area contributed by atoms with Crippen molar-refractivity contribution in [2.24, 2.45) is 11.7 Å². The van der Waals surface area contributed by atoms with Crippen molar-refractivity contribution in [2.45, 2.75) is 4.32 Å². The molecule has 3 N–H and O–H groups in total. The number of hydrogen-bond acceptors (Lipinski definition) is 2. The summed E-state index contributed by atoms with van der Waals surface area (Å²) in [5, 5.41) is 0. The summed E-state index contributed by atoms with van der Waals surface area (Å²) in [5.41, 5.74) is 7.27. The molecule has 0 spiro atoms. The molecule has 1 aromatic carbocycles. The van der Waals surface area contributed by atoms with Crippen molar-refractivity contribution in [3.05, 3.63) is 54.4 Å². The zero-order valence-corrected chi connectivity index (χ0v) is 11.6. The number of fused-ring (bicyclic) bond motifs is 1. The number of nitrogens with zero attached hydrogens (tertiary/aromatic N) is 1. The zero-order valence-electron chi connectivity index (χ0n) is 10.0. The number of allylic oxidation sites excluding steroid dienone is 3. The Labute approximate surface area is 118 Å². The molecule has 19 heavy (non-hydrogen) atoms. The van der Waals surface area contributed by atoms with E-state index in [9.17, 15) is 4.79 Å². The van der Waals surface area contributed by atoms with Crippen LogP contribution in [-0.2, 0) is 9.12 Å². The molecule has 0 fully saturated rings. The zero-order chi connectivity index (χ0) is 13.5. The van der Waals surface area contributed by atoms with E-state index in [1.165, 1.54) is 0 Å². The number of aromatic amines is 1. The van der Waals surface area contributed by atoms with E-state index < -0.39 is 16.1 Å². The number of para-hydroxylation sites is 2. The van der Waals surface area contributed by atoms with Crippen LogP contribution in [0.15, 0.2) is 48.6 Å². The second kappa shape index (κ2) is 4.35. The van der Waals surface area contributed by atoms with E-state index in [1.54, 1.807) is 6.08 Å². The average molecular weight is 318 g/mol. The van der Waals surface area contributed by atoms with Gasteiger partial charge in [0.2, 0.25) is 5.91 Å². The fourth-order valence-electron chi connectivity index (χ4n) is 2.28. The highest BCUT2D eigenvalue weighted by Crippen LogP contribution is 2.42. The van der Waals surface area contributed by atoms with Crippen LogP contribution in [0.25, 0.3) is 11.0 Å². The highest BCUT2D eigenvalue weighted by atomic mass is 79.9. The Kier molecular flexibility index (Phi) is 2.78. The Balaban J connectivity index is 2.15. The second-order valence-electron chi connectivity index (χ2n) is 4.49. The lowest BCUT2D eigenvalue weighted by Gasteiger charge is -2.29. The Bertz CT molecular complexity index is 671. The van der Waals surface area contributed by atoms with Crippen molar-refractivity contribution < 1.29 is 4.79 Å². The summed E-state index contributed by atoms with van der Waals surface area (Å²) < 4.78 is -0.716. The summed E-state index contributed by atoms with van der Waals surface area (Å²) in [6.45, 7) is 0. The van der Waals surface area contributed by atoms with Crippen molar-refractivity contribution in [3.8, 4) is 0 Å². The van der Waals surface area contributed by atoms with Crippen LogP contribution in [-0.4, -0.2) is 15.9 Å². The van der Waals surface area contributed by atoms with E-state index in [4.69, 9.17) is 5.73 Å². The minimum Gasteiger partial charge on any atom is -0.369 e. The molecule has 0 radical (unpaired) electrons. The number of primary amides is 1. The molecule has 0 saturated heterocycles. The molecule has 1 aliphatic rings. The van der Waals surface area contributed by atoms with Gasteiger partial charge >= 0.3 is 0 Å². The maximum absolute atomic E-state index is 11.6. The molecule has 4 nitrogen and oxygen atoms in total. The molecule has 2 unspecified atom stereocenters. The maximum Gasteiger partial charge on any atom is 0.226 e. The van der Waals surface area contributed by atoms with E-state index >= 15 is 0 Å². The average Bonchev–Trinajstić information content (AvgIpc) is 2.83. The number of amides is 1. The molecule has 3 rings (SSSR count). The predicted octanol–water partition coefficient (Wildman–Crippen LogP) is 2.38. The molecular formula is C14H12BrN3O. The summed E-state index contributed by atoms with van der Waals surface area (Å²) in [6, 6.07) is 7.74. The number of aromatic nitrogens is 2. The van der Waals surface area contributed by atoms with Gasteiger partial charge in [-0.1, -0.05) is 52.4 Å². The molecule has 5 heteroatoms. The van der Waals surface area contributed by atoms with Gasteiger partial charge in [0, 0.05) is 0 Å². The summed E-state index contributed by atoms with van der Waals surface area (Å²) in [6.07, 6.45) is 7.36. The molecule has 1 heterocycles. The van der Waals surface area contributed by atoms with E-state index in [0.29, 0.717) is 5.82 Å². The van der Waals surface area contributed by atoms with E-state index in [1.807, 2.05) is 42.5 Å². The van der Waals surface area contributed by atoms with Crippen molar-refractivity contribution in [3.63, 3.8) is 0 Å². The third-order valence-corrected chi connectivity index (χ3v) is 4.40. The highest BCUT2D eigenvalue weighted by Gasteiger charge is 2.41. The third-order valence-electron chi connectivity index (χ3n) is 3.26. The molecule has 1 amide bonds. The summed E-state index contributed by atoms with van der Waals surface area (Å²) >= 11 is 3.62. The van der Waals surface area contributed by atoms with Crippen molar-refractivity contribution in [2.75, 3.05) is 0 Å². The van der Waals surface area contributed by atoms with Crippen LogP contribution in [0.1, 0.15) is 5.82 Å². The van der Waals surface area contributed by atoms with E-state index in [2.05, 4.69) is 25.9 Å². The Morgan fingerprint density at radius 2 is 2.16 bits per heavy atom. The number of H-pyrrole nitrogens is 1. The van der Waals surface area contributed by atoms with Gasteiger partial charge < -0.3 is 10.7 Å². The Hall–Kier alpha value is -1.88. The van der Waals surface area contributed by atoms with E-state index in [0.717, 1.165) is 11.0 Å². The normalized spacial score (nSPS) is 25.8. The molecule has 1 aliphatic carbocycles. The minimum atomic E-state index is -0.716. The van der Waals surface area contributed by atoms with Crippen molar-refractivity contribution in [1.82, 2.24) is 9.97 Å². The first kappa shape index (κ1) is 12.2. The van der Waals surface area contributed by atoms with Crippen molar-refractivity contribution >= 4 is 32.9 Å². The van der Waals surface area contributed by atoms with Gasteiger partial charge in [-0.25, -0.2) is 4.98 Å². The quantitative estimate of drug-likeness (QED) is 0.835. The number of nitrogens with two attached hydrogens (primary N) is 1. The van der Waals surface area contributed by atoms with Crippen LogP contribution in [0.4, 0.5) is 0 Å². The summed E-state index contributed by atoms with van der Waals surface area (Å²) in [5.74, 6) is -0.186. The number of halogens is 1. The molecule has 0 aliphatic heterocycles.